The minimum Gasteiger partial charge on any atom is -0.322 e. The van der Waals surface area contributed by atoms with Gasteiger partial charge >= 0.3 is 0 Å². The molecule has 1 N–H and O–H groups in total. The number of pyridine rings is 1. The monoisotopic (exact) mass is 333 g/mol. The van der Waals surface area contributed by atoms with Crippen LogP contribution in [-0.4, -0.2) is 29.9 Å². The topological polar surface area (TPSA) is 45.2 Å². The van der Waals surface area contributed by atoms with Crippen molar-refractivity contribution in [3.63, 3.8) is 0 Å². The Morgan fingerprint density at radius 1 is 1.25 bits per heavy atom. The van der Waals surface area contributed by atoms with E-state index in [4.69, 9.17) is 0 Å². The van der Waals surface area contributed by atoms with Gasteiger partial charge in [-0.15, -0.1) is 0 Å². The zero-order valence-electron chi connectivity index (χ0n) is 11.4. The smallest absolute Gasteiger partial charge is 0.258 e. The van der Waals surface area contributed by atoms with Crippen molar-refractivity contribution in [2.75, 3.05) is 19.4 Å². The quantitative estimate of drug-likeness (QED) is 0.874. The molecule has 0 unspecified atom stereocenters. The van der Waals surface area contributed by atoms with Crippen LogP contribution in [0, 0.1) is 0 Å². The molecule has 0 aliphatic carbocycles. The van der Waals surface area contributed by atoms with E-state index in [2.05, 4.69) is 31.1 Å². The van der Waals surface area contributed by atoms with E-state index in [0.717, 1.165) is 17.8 Å². The van der Waals surface area contributed by atoms with Gasteiger partial charge in [0, 0.05) is 18.4 Å². The number of hydrogen-bond donors (Lipinski definition) is 1. The summed E-state index contributed by atoms with van der Waals surface area (Å²) >= 11 is 3.29. The van der Waals surface area contributed by atoms with Crippen molar-refractivity contribution >= 4 is 27.5 Å². The molecular weight excluding hydrogens is 318 g/mol. The second-order valence-electron chi connectivity index (χ2n) is 4.69. The van der Waals surface area contributed by atoms with Gasteiger partial charge in [-0.25, -0.2) is 4.98 Å². The summed E-state index contributed by atoms with van der Waals surface area (Å²) in [7, 11) is 3.99. The maximum absolute atomic E-state index is 12.3. The van der Waals surface area contributed by atoms with Gasteiger partial charge in [0.2, 0.25) is 0 Å². The lowest BCUT2D eigenvalue weighted by atomic mass is 10.1. The standard InChI is InChI=1S/C15H16BrN3O/c1-19(2)10-11-6-3-4-8-13(11)18-15(20)12-7-5-9-17-14(12)16/h3-9H,10H2,1-2H3,(H,18,20). The number of benzene rings is 1. The highest BCUT2D eigenvalue weighted by Gasteiger charge is 2.12. The average molecular weight is 334 g/mol. The Labute approximate surface area is 127 Å². The predicted octanol–water partition coefficient (Wildman–Crippen LogP) is 3.16. The minimum absolute atomic E-state index is 0.170. The van der Waals surface area contributed by atoms with Crippen LogP contribution >= 0.6 is 15.9 Å². The Balaban J connectivity index is 2.22. The highest BCUT2D eigenvalue weighted by atomic mass is 79.9. The summed E-state index contributed by atoms with van der Waals surface area (Å²) in [6, 6.07) is 11.3. The summed E-state index contributed by atoms with van der Waals surface area (Å²) in [5, 5.41) is 2.94. The van der Waals surface area contributed by atoms with Gasteiger partial charge in [0.05, 0.1) is 5.56 Å². The Morgan fingerprint density at radius 3 is 2.70 bits per heavy atom. The number of rotatable bonds is 4. The number of halogens is 1. The van der Waals surface area contributed by atoms with Gasteiger partial charge < -0.3 is 10.2 Å². The molecule has 104 valence electrons. The number of hydrogen-bond acceptors (Lipinski definition) is 3. The molecule has 0 spiro atoms. The van der Waals surface area contributed by atoms with Gasteiger partial charge in [0.25, 0.3) is 5.91 Å². The van der Waals surface area contributed by atoms with Gasteiger partial charge in [-0.3, -0.25) is 4.79 Å². The summed E-state index contributed by atoms with van der Waals surface area (Å²) < 4.78 is 0.544. The maximum atomic E-state index is 12.3. The van der Waals surface area contributed by atoms with Crippen LogP contribution in [0.15, 0.2) is 47.2 Å². The minimum atomic E-state index is -0.170. The second-order valence-corrected chi connectivity index (χ2v) is 5.44. The van der Waals surface area contributed by atoms with E-state index in [1.165, 1.54) is 0 Å². The van der Waals surface area contributed by atoms with Gasteiger partial charge in [0.15, 0.2) is 0 Å². The maximum Gasteiger partial charge on any atom is 0.258 e. The van der Waals surface area contributed by atoms with Crippen LogP contribution < -0.4 is 5.32 Å². The molecule has 2 aromatic rings. The zero-order valence-corrected chi connectivity index (χ0v) is 13.0. The first kappa shape index (κ1) is 14.7. The highest BCUT2D eigenvalue weighted by molar-refractivity contribution is 9.10. The van der Waals surface area contributed by atoms with Crippen molar-refractivity contribution in [1.29, 1.82) is 0 Å². The fourth-order valence-electron chi connectivity index (χ4n) is 1.87. The van der Waals surface area contributed by atoms with Gasteiger partial charge in [-0.2, -0.15) is 0 Å². The van der Waals surface area contributed by atoms with Crippen LogP contribution in [0.5, 0.6) is 0 Å². The van der Waals surface area contributed by atoms with Crippen LogP contribution in [0.4, 0.5) is 5.69 Å². The first-order valence-electron chi connectivity index (χ1n) is 6.22. The van der Waals surface area contributed by atoms with E-state index in [0.29, 0.717) is 10.2 Å². The molecule has 0 radical (unpaired) electrons. The van der Waals surface area contributed by atoms with E-state index in [9.17, 15) is 4.79 Å². The molecule has 1 heterocycles. The number of nitrogens with zero attached hydrogens (tertiary/aromatic N) is 2. The lowest BCUT2D eigenvalue weighted by molar-refractivity contribution is 0.102. The Kier molecular flexibility index (Phi) is 4.87. The molecule has 0 saturated heterocycles. The number of amides is 1. The van der Waals surface area contributed by atoms with Crippen LogP contribution in [-0.2, 0) is 6.54 Å². The zero-order chi connectivity index (χ0) is 14.5. The molecule has 1 aromatic carbocycles. The number of carbonyl (C=O) groups is 1. The molecule has 0 bridgehead atoms. The molecule has 0 atom stereocenters. The predicted molar refractivity (Wildman–Crippen MR) is 83.7 cm³/mol. The van der Waals surface area contributed by atoms with Crippen molar-refractivity contribution in [2.24, 2.45) is 0 Å². The third-order valence-corrected chi connectivity index (χ3v) is 3.39. The van der Waals surface area contributed by atoms with E-state index in [1.54, 1.807) is 18.3 Å². The molecular formula is C15H16BrN3O. The normalized spacial score (nSPS) is 10.6. The number of aromatic nitrogens is 1. The number of nitrogens with one attached hydrogen (secondary N) is 1. The lowest BCUT2D eigenvalue weighted by Gasteiger charge is -2.15. The van der Waals surface area contributed by atoms with Crippen LogP contribution in [0.2, 0.25) is 0 Å². The summed E-state index contributed by atoms with van der Waals surface area (Å²) in [6.45, 7) is 0.769. The van der Waals surface area contributed by atoms with Crippen molar-refractivity contribution in [3.8, 4) is 0 Å². The van der Waals surface area contributed by atoms with Crippen molar-refractivity contribution < 1.29 is 4.79 Å². The number of anilines is 1. The third-order valence-electron chi connectivity index (χ3n) is 2.76. The second kappa shape index (κ2) is 6.63. The van der Waals surface area contributed by atoms with Crippen LogP contribution in [0.3, 0.4) is 0 Å². The molecule has 5 heteroatoms. The fourth-order valence-corrected chi connectivity index (χ4v) is 2.30. The highest BCUT2D eigenvalue weighted by Crippen LogP contribution is 2.19. The number of carbonyl (C=O) groups excluding carboxylic acids is 1. The number of para-hydroxylation sites is 1. The van der Waals surface area contributed by atoms with E-state index in [-0.39, 0.29) is 5.91 Å². The van der Waals surface area contributed by atoms with E-state index in [1.807, 2.05) is 38.4 Å². The molecule has 2 rings (SSSR count). The average Bonchev–Trinajstić information content (AvgIpc) is 2.41. The van der Waals surface area contributed by atoms with Crippen LogP contribution in [0.1, 0.15) is 15.9 Å². The van der Waals surface area contributed by atoms with Gasteiger partial charge in [-0.05, 0) is 53.8 Å². The summed E-state index contributed by atoms with van der Waals surface area (Å²) in [6.07, 6.45) is 1.64. The molecule has 4 nitrogen and oxygen atoms in total. The first-order chi connectivity index (χ1) is 9.58. The van der Waals surface area contributed by atoms with Gasteiger partial charge in [0.1, 0.15) is 4.60 Å². The summed E-state index contributed by atoms with van der Waals surface area (Å²) in [4.78, 5) is 18.4. The third kappa shape index (κ3) is 3.65. The Hall–Kier alpha value is -1.72. The first-order valence-corrected chi connectivity index (χ1v) is 7.01. The summed E-state index contributed by atoms with van der Waals surface area (Å²) in [5.74, 6) is -0.170. The Morgan fingerprint density at radius 2 is 2.00 bits per heavy atom. The Bertz CT molecular complexity index is 614. The molecule has 0 saturated carbocycles. The molecule has 0 fully saturated rings. The molecule has 0 aliphatic heterocycles. The van der Waals surface area contributed by atoms with Crippen molar-refractivity contribution in [2.45, 2.75) is 6.54 Å². The lowest BCUT2D eigenvalue weighted by Crippen LogP contribution is -2.17. The molecule has 20 heavy (non-hydrogen) atoms. The SMILES string of the molecule is CN(C)Cc1ccccc1NC(=O)c1cccnc1Br. The fraction of sp³-hybridized carbons (Fsp3) is 0.200. The van der Waals surface area contributed by atoms with Gasteiger partial charge in [-0.1, -0.05) is 18.2 Å². The van der Waals surface area contributed by atoms with Crippen molar-refractivity contribution in [1.82, 2.24) is 9.88 Å². The van der Waals surface area contributed by atoms with Crippen LogP contribution in [0.25, 0.3) is 0 Å². The van der Waals surface area contributed by atoms with E-state index < -0.39 is 0 Å². The molecule has 1 aromatic heterocycles. The molecule has 0 aliphatic rings. The van der Waals surface area contributed by atoms with Crippen molar-refractivity contribution in [3.05, 3.63) is 58.3 Å². The summed E-state index contributed by atoms with van der Waals surface area (Å²) in [5.41, 5.74) is 2.42. The van der Waals surface area contributed by atoms with E-state index >= 15 is 0 Å². The molecule has 1 amide bonds. The largest absolute Gasteiger partial charge is 0.322 e.